The summed E-state index contributed by atoms with van der Waals surface area (Å²) >= 11 is 0. The Morgan fingerprint density at radius 2 is 2.27 bits per heavy atom. The highest BCUT2D eigenvalue weighted by Crippen LogP contribution is 2.35. The van der Waals surface area contributed by atoms with Crippen molar-refractivity contribution in [3.63, 3.8) is 0 Å². The largest absolute Gasteiger partial charge is 0.496 e. The third-order valence-electron chi connectivity index (χ3n) is 3.27. The zero-order chi connectivity index (χ0) is 10.8. The van der Waals surface area contributed by atoms with Gasteiger partial charge in [-0.25, -0.2) is 0 Å². The number of hydrogen-bond donors (Lipinski definition) is 1. The van der Waals surface area contributed by atoms with Gasteiger partial charge in [0.05, 0.1) is 7.11 Å². The van der Waals surface area contributed by atoms with Gasteiger partial charge in [0.25, 0.3) is 0 Å². The van der Waals surface area contributed by atoms with Crippen LogP contribution in [0.15, 0.2) is 18.2 Å². The third-order valence-corrected chi connectivity index (χ3v) is 3.27. The fourth-order valence-corrected chi connectivity index (χ4v) is 2.13. The van der Waals surface area contributed by atoms with Crippen molar-refractivity contribution in [3.8, 4) is 5.75 Å². The van der Waals surface area contributed by atoms with Crippen LogP contribution in [0.2, 0.25) is 0 Å². The van der Waals surface area contributed by atoms with Gasteiger partial charge in [-0.2, -0.15) is 0 Å². The highest BCUT2D eigenvalue weighted by Gasteiger charge is 2.29. The van der Waals surface area contributed by atoms with E-state index in [1.165, 1.54) is 11.1 Å². The number of aryl methyl sites for hydroxylation is 1. The van der Waals surface area contributed by atoms with Crippen LogP contribution in [0.4, 0.5) is 0 Å². The van der Waals surface area contributed by atoms with E-state index in [1.807, 2.05) is 0 Å². The smallest absolute Gasteiger partial charge is 0.123 e. The summed E-state index contributed by atoms with van der Waals surface area (Å²) in [5.74, 6) is 1.72. The first-order chi connectivity index (χ1) is 7.26. The Morgan fingerprint density at radius 3 is 2.73 bits per heavy atom. The maximum atomic E-state index is 5.41. The molecule has 0 aliphatic carbocycles. The van der Waals surface area contributed by atoms with Crippen molar-refractivity contribution in [1.82, 2.24) is 5.32 Å². The fraction of sp³-hybridized carbons (Fsp3) is 0.538. The molecule has 1 aliphatic heterocycles. The molecule has 15 heavy (non-hydrogen) atoms. The minimum atomic E-state index is 0.478. The summed E-state index contributed by atoms with van der Waals surface area (Å²) in [6.07, 6.45) is 1.08. The van der Waals surface area contributed by atoms with Crippen LogP contribution >= 0.6 is 0 Å². The summed E-state index contributed by atoms with van der Waals surface area (Å²) in [6.45, 7) is 5.58. The highest BCUT2D eigenvalue weighted by molar-refractivity contribution is 5.40. The van der Waals surface area contributed by atoms with E-state index in [2.05, 4.69) is 37.4 Å². The maximum Gasteiger partial charge on any atom is 0.123 e. The standard InChI is InChI=1S/C13H19NO/c1-4-10-5-6-12(15-3)11(7-10)13-9(2)8-14-13/h5-7,9,13-14H,4,8H2,1-3H3. The minimum absolute atomic E-state index is 0.478. The molecule has 1 fully saturated rings. The fourth-order valence-electron chi connectivity index (χ4n) is 2.13. The average molecular weight is 205 g/mol. The van der Waals surface area contributed by atoms with Gasteiger partial charge in [-0.15, -0.1) is 0 Å². The van der Waals surface area contributed by atoms with E-state index in [1.54, 1.807) is 7.11 Å². The number of hydrogen-bond acceptors (Lipinski definition) is 2. The first-order valence-corrected chi connectivity index (χ1v) is 5.66. The van der Waals surface area contributed by atoms with Crippen molar-refractivity contribution in [2.24, 2.45) is 5.92 Å². The van der Waals surface area contributed by atoms with Crippen LogP contribution in [0.1, 0.15) is 31.0 Å². The van der Waals surface area contributed by atoms with Crippen LogP contribution in [-0.4, -0.2) is 13.7 Å². The van der Waals surface area contributed by atoms with E-state index >= 15 is 0 Å². The molecule has 0 aromatic heterocycles. The molecule has 1 N–H and O–H groups in total. The SMILES string of the molecule is CCc1ccc(OC)c(C2NCC2C)c1. The summed E-state index contributed by atoms with van der Waals surface area (Å²) in [7, 11) is 1.74. The number of rotatable bonds is 3. The number of ether oxygens (including phenoxy) is 1. The molecule has 1 saturated heterocycles. The van der Waals surface area contributed by atoms with E-state index in [0.29, 0.717) is 12.0 Å². The zero-order valence-corrected chi connectivity index (χ0v) is 9.71. The van der Waals surface area contributed by atoms with E-state index in [4.69, 9.17) is 4.74 Å². The second kappa shape index (κ2) is 4.23. The molecule has 82 valence electrons. The van der Waals surface area contributed by atoms with Gasteiger partial charge < -0.3 is 10.1 Å². The molecule has 1 aromatic rings. The number of nitrogens with one attached hydrogen (secondary N) is 1. The molecular formula is C13H19NO. The van der Waals surface area contributed by atoms with E-state index in [0.717, 1.165) is 18.7 Å². The second-order valence-corrected chi connectivity index (χ2v) is 4.29. The van der Waals surface area contributed by atoms with Crippen LogP contribution in [0.5, 0.6) is 5.75 Å². The Morgan fingerprint density at radius 1 is 1.47 bits per heavy atom. The van der Waals surface area contributed by atoms with Gasteiger partial charge in [-0.3, -0.25) is 0 Å². The molecule has 0 spiro atoms. The highest BCUT2D eigenvalue weighted by atomic mass is 16.5. The van der Waals surface area contributed by atoms with E-state index < -0.39 is 0 Å². The lowest BCUT2D eigenvalue weighted by Crippen LogP contribution is -2.44. The first kappa shape index (κ1) is 10.5. The molecular weight excluding hydrogens is 186 g/mol. The van der Waals surface area contributed by atoms with E-state index in [9.17, 15) is 0 Å². The molecule has 0 saturated carbocycles. The average Bonchev–Trinajstić information content (AvgIpc) is 2.27. The van der Waals surface area contributed by atoms with E-state index in [-0.39, 0.29) is 0 Å². The van der Waals surface area contributed by atoms with Crippen LogP contribution < -0.4 is 10.1 Å². The molecule has 2 rings (SSSR count). The minimum Gasteiger partial charge on any atom is -0.496 e. The molecule has 0 bridgehead atoms. The van der Waals surface area contributed by atoms with Gasteiger partial charge >= 0.3 is 0 Å². The van der Waals surface area contributed by atoms with Gasteiger partial charge in [0, 0.05) is 18.2 Å². The molecule has 1 heterocycles. The molecule has 1 aliphatic rings. The van der Waals surface area contributed by atoms with Crippen molar-refractivity contribution in [1.29, 1.82) is 0 Å². The summed E-state index contributed by atoms with van der Waals surface area (Å²) < 4.78 is 5.41. The van der Waals surface area contributed by atoms with Gasteiger partial charge in [0.1, 0.15) is 5.75 Å². The van der Waals surface area contributed by atoms with Crippen molar-refractivity contribution in [3.05, 3.63) is 29.3 Å². The predicted molar refractivity (Wildman–Crippen MR) is 62.3 cm³/mol. The Bertz CT molecular complexity index is 348. The zero-order valence-electron chi connectivity index (χ0n) is 9.71. The number of benzene rings is 1. The lowest BCUT2D eigenvalue weighted by atomic mass is 9.86. The summed E-state index contributed by atoms with van der Waals surface area (Å²) in [5.41, 5.74) is 2.70. The molecule has 0 radical (unpaired) electrons. The molecule has 1 aromatic carbocycles. The monoisotopic (exact) mass is 205 g/mol. The molecule has 2 heteroatoms. The molecule has 0 amide bonds. The summed E-state index contributed by atoms with van der Waals surface area (Å²) in [4.78, 5) is 0. The van der Waals surface area contributed by atoms with Crippen molar-refractivity contribution in [2.75, 3.05) is 13.7 Å². The van der Waals surface area contributed by atoms with Crippen LogP contribution in [0.3, 0.4) is 0 Å². The summed E-state index contributed by atoms with van der Waals surface area (Å²) in [5, 5.41) is 3.46. The van der Waals surface area contributed by atoms with Crippen LogP contribution in [0.25, 0.3) is 0 Å². The second-order valence-electron chi connectivity index (χ2n) is 4.29. The van der Waals surface area contributed by atoms with Gasteiger partial charge in [-0.05, 0) is 24.0 Å². The Labute approximate surface area is 91.6 Å². The lowest BCUT2D eigenvalue weighted by Gasteiger charge is -2.36. The predicted octanol–water partition coefficient (Wildman–Crippen LogP) is 2.54. The van der Waals surface area contributed by atoms with Gasteiger partial charge in [-0.1, -0.05) is 26.0 Å². The summed E-state index contributed by atoms with van der Waals surface area (Å²) in [6, 6.07) is 6.98. The van der Waals surface area contributed by atoms with Crippen LogP contribution in [0, 0.1) is 5.92 Å². The quantitative estimate of drug-likeness (QED) is 0.818. The maximum absolute atomic E-state index is 5.41. The Hall–Kier alpha value is -1.02. The Kier molecular flexibility index (Phi) is 2.96. The molecule has 2 unspecified atom stereocenters. The van der Waals surface area contributed by atoms with Crippen molar-refractivity contribution < 1.29 is 4.74 Å². The third kappa shape index (κ3) is 1.86. The number of methoxy groups -OCH3 is 1. The first-order valence-electron chi connectivity index (χ1n) is 5.66. The lowest BCUT2D eigenvalue weighted by molar-refractivity contribution is 0.250. The van der Waals surface area contributed by atoms with Crippen molar-refractivity contribution in [2.45, 2.75) is 26.3 Å². The Balaban J connectivity index is 2.33. The van der Waals surface area contributed by atoms with Crippen LogP contribution in [-0.2, 0) is 6.42 Å². The normalized spacial score (nSPS) is 24.7. The topological polar surface area (TPSA) is 21.3 Å². The van der Waals surface area contributed by atoms with Gasteiger partial charge in [0.2, 0.25) is 0 Å². The van der Waals surface area contributed by atoms with Gasteiger partial charge in [0.15, 0.2) is 0 Å². The molecule has 2 atom stereocenters. The van der Waals surface area contributed by atoms with Crippen molar-refractivity contribution >= 4 is 0 Å². The molecule has 2 nitrogen and oxygen atoms in total.